The van der Waals surface area contributed by atoms with Crippen LogP contribution in [0, 0.1) is 11.6 Å². The van der Waals surface area contributed by atoms with Crippen LogP contribution in [0.4, 0.5) is 8.78 Å². The molecule has 0 spiro atoms. The average molecular weight is 358 g/mol. The molecular weight excluding hydrogens is 340 g/mol. The molecule has 1 aromatic carbocycles. The van der Waals surface area contributed by atoms with Gasteiger partial charge < -0.3 is 0 Å². The van der Waals surface area contributed by atoms with Crippen molar-refractivity contribution in [2.24, 2.45) is 0 Å². The maximum Gasteiger partial charge on any atom is 0.246 e. The fraction of sp³-hybridized carbons (Fsp3) is 0.538. The average Bonchev–Trinajstić information content (AvgIpc) is 2.44. The van der Waals surface area contributed by atoms with Crippen LogP contribution in [-0.2, 0) is 15.9 Å². The van der Waals surface area contributed by atoms with E-state index in [0.717, 1.165) is 16.4 Å². The molecule has 1 unspecified atom stereocenters. The number of sulfonamides is 1. The zero-order valence-corrected chi connectivity index (χ0v) is 14.5. The summed E-state index contributed by atoms with van der Waals surface area (Å²) in [5.41, 5.74) is -0.427. The topological polar surface area (TPSA) is 37.4 Å². The molecule has 1 atom stereocenters. The maximum absolute atomic E-state index is 14.2. The smallest absolute Gasteiger partial charge is 0.207 e. The zero-order chi connectivity index (χ0) is 16.2. The summed E-state index contributed by atoms with van der Waals surface area (Å²) in [5.74, 6) is -1.79. The van der Waals surface area contributed by atoms with E-state index in [1.54, 1.807) is 0 Å². The van der Waals surface area contributed by atoms with Crippen molar-refractivity contribution >= 4 is 33.4 Å². The Kier molecular flexibility index (Phi) is 6.90. The van der Waals surface area contributed by atoms with Gasteiger partial charge in [-0.05, 0) is 24.8 Å². The number of rotatable bonds is 7. The molecule has 0 aromatic heterocycles. The highest BCUT2D eigenvalue weighted by molar-refractivity contribution is 7.98. The van der Waals surface area contributed by atoms with E-state index in [2.05, 4.69) is 0 Å². The van der Waals surface area contributed by atoms with Gasteiger partial charge in [0.2, 0.25) is 10.0 Å². The first-order valence-electron chi connectivity index (χ1n) is 6.31. The van der Waals surface area contributed by atoms with Crippen LogP contribution in [-0.4, -0.2) is 37.8 Å². The van der Waals surface area contributed by atoms with E-state index in [0.29, 0.717) is 12.2 Å². The summed E-state index contributed by atoms with van der Waals surface area (Å²) in [7, 11) is -2.63. The van der Waals surface area contributed by atoms with Gasteiger partial charge in [-0.25, -0.2) is 17.2 Å². The van der Waals surface area contributed by atoms with Gasteiger partial charge in [-0.2, -0.15) is 16.1 Å². The van der Waals surface area contributed by atoms with Gasteiger partial charge in [-0.3, -0.25) is 0 Å². The number of alkyl halides is 1. The molecular formula is C13H18ClF2NO2S2. The van der Waals surface area contributed by atoms with Crippen molar-refractivity contribution < 1.29 is 17.2 Å². The molecule has 1 rings (SSSR count). The summed E-state index contributed by atoms with van der Waals surface area (Å²) in [6.07, 6.45) is 2.47. The molecule has 8 heteroatoms. The monoisotopic (exact) mass is 357 g/mol. The van der Waals surface area contributed by atoms with Crippen LogP contribution in [0.1, 0.15) is 18.9 Å². The molecule has 0 saturated heterocycles. The molecule has 0 aliphatic heterocycles. The third-order valence-corrected chi connectivity index (χ3v) is 6.20. The van der Waals surface area contributed by atoms with Crippen LogP contribution in [0.15, 0.2) is 17.0 Å². The third kappa shape index (κ3) is 3.88. The van der Waals surface area contributed by atoms with Crippen molar-refractivity contribution in [2.75, 3.05) is 19.1 Å². The molecule has 0 heterocycles. The molecule has 0 aliphatic rings. The highest BCUT2D eigenvalue weighted by Crippen LogP contribution is 2.26. The Balaban J connectivity index is 3.31. The van der Waals surface area contributed by atoms with E-state index >= 15 is 0 Å². The fourth-order valence-corrected chi connectivity index (χ4v) is 4.62. The lowest BCUT2D eigenvalue weighted by Crippen LogP contribution is -2.38. The number of nitrogens with zero attached hydrogens (tertiary/aromatic N) is 1. The molecule has 0 aliphatic carbocycles. The number of hydrogen-bond donors (Lipinski definition) is 0. The van der Waals surface area contributed by atoms with Gasteiger partial charge in [0.15, 0.2) is 5.82 Å². The molecule has 120 valence electrons. The van der Waals surface area contributed by atoms with Gasteiger partial charge in [-0.1, -0.05) is 6.92 Å². The minimum absolute atomic E-state index is 0.256. The second-order valence-corrected chi connectivity index (χ2v) is 7.65. The van der Waals surface area contributed by atoms with Crippen LogP contribution >= 0.6 is 23.4 Å². The summed E-state index contributed by atoms with van der Waals surface area (Å²) >= 11 is 6.99. The van der Waals surface area contributed by atoms with Gasteiger partial charge in [0.05, 0.1) is 5.88 Å². The predicted molar refractivity (Wildman–Crippen MR) is 83.3 cm³/mol. The molecule has 0 radical (unpaired) electrons. The fourth-order valence-electron chi connectivity index (χ4n) is 1.92. The minimum Gasteiger partial charge on any atom is -0.207 e. The SMILES string of the molecule is CCC(CSC)N(C)S(=O)(=O)c1ccc(F)c(CCl)c1F. The third-order valence-electron chi connectivity index (χ3n) is 3.29. The van der Waals surface area contributed by atoms with Gasteiger partial charge in [0.25, 0.3) is 0 Å². The quantitative estimate of drug-likeness (QED) is 0.701. The number of thioether (sulfide) groups is 1. The normalized spacial score (nSPS) is 13.7. The first kappa shape index (κ1) is 18.7. The van der Waals surface area contributed by atoms with Crippen molar-refractivity contribution in [2.45, 2.75) is 30.2 Å². The van der Waals surface area contributed by atoms with E-state index in [1.165, 1.54) is 18.8 Å². The standard InChI is InChI=1S/C13H18ClF2NO2S2/c1-4-9(8-20-3)17(2)21(18,19)12-6-5-11(15)10(7-14)13(12)16/h5-6,9H,4,7-8H2,1-3H3. The van der Waals surface area contributed by atoms with Crippen molar-refractivity contribution in [3.8, 4) is 0 Å². The molecule has 3 nitrogen and oxygen atoms in total. The highest BCUT2D eigenvalue weighted by Gasteiger charge is 2.30. The molecule has 21 heavy (non-hydrogen) atoms. The number of benzene rings is 1. The largest absolute Gasteiger partial charge is 0.246 e. The Morgan fingerprint density at radius 2 is 2.00 bits per heavy atom. The van der Waals surface area contributed by atoms with Crippen molar-refractivity contribution in [3.05, 3.63) is 29.3 Å². The molecule has 0 bridgehead atoms. The first-order valence-corrected chi connectivity index (χ1v) is 9.67. The predicted octanol–water partition coefficient (Wildman–Crippen LogP) is 3.47. The lowest BCUT2D eigenvalue weighted by molar-refractivity contribution is 0.382. The second kappa shape index (κ2) is 7.76. The summed E-state index contributed by atoms with van der Waals surface area (Å²) in [5, 5.41) is 0. The van der Waals surface area contributed by atoms with Crippen LogP contribution < -0.4 is 0 Å². The van der Waals surface area contributed by atoms with Crippen LogP contribution in [0.2, 0.25) is 0 Å². The lowest BCUT2D eigenvalue weighted by Gasteiger charge is -2.26. The molecule has 1 aromatic rings. The molecule has 0 N–H and O–H groups in total. The minimum atomic E-state index is -4.03. The van der Waals surface area contributed by atoms with Crippen molar-refractivity contribution in [1.29, 1.82) is 0 Å². The Morgan fingerprint density at radius 1 is 1.38 bits per heavy atom. The van der Waals surface area contributed by atoms with E-state index in [-0.39, 0.29) is 6.04 Å². The summed E-state index contributed by atoms with van der Waals surface area (Å²) in [4.78, 5) is -0.540. The highest BCUT2D eigenvalue weighted by atomic mass is 35.5. The maximum atomic E-state index is 14.2. The number of hydrogen-bond acceptors (Lipinski definition) is 3. The summed E-state index contributed by atoms with van der Waals surface area (Å²) in [6, 6.07) is 1.61. The summed E-state index contributed by atoms with van der Waals surface area (Å²) in [6.45, 7) is 1.86. The Morgan fingerprint density at radius 3 is 2.48 bits per heavy atom. The molecule has 0 saturated carbocycles. The van der Waals surface area contributed by atoms with E-state index in [9.17, 15) is 17.2 Å². The van der Waals surface area contributed by atoms with Gasteiger partial charge in [0, 0.05) is 24.4 Å². The summed E-state index contributed by atoms with van der Waals surface area (Å²) < 4.78 is 53.8. The van der Waals surface area contributed by atoms with Gasteiger partial charge in [-0.15, -0.1) is 11.6 Å². The van der Waals surface area contributed by atoms with E-state index in [1.807, 2.05) is 13.2 Å². The van der Waals surface area contributed by atoms with Crippen molar-refractivity contribution in [1.82, 2.24) is 4.31 Å². The van der Waals surface area contributed by atoms with Crippen LogP contribution in [0.25, 0.3) is 0 Å². The second-order valence-electron chi connectivity index (χ2n) is 4.51. The van der Waals surface area contributed by atoms with Gasteiger partial charge in [0.1, 0.15) is 10.7 Å². The zero-order valence-electron chi connectivity index (χ0n) is 12.1. The van der Waals surface area contributed by atoms with E-state index in [4.69, 9.17) is 11.6 Å². The molecule has 0 amide bonds. The Bertz CT molecular complexity index is 596. The lowest BCUT2D eigenvalue weighted by atomic mass is 10.2. The first-order chi connectivity index (χ1) is 9.81. The molecule has 0 fully saturated rings. The Hall–Kier alpha value is -0.370. The number of halogens is 3. The Labute approximate surface area is 133 Å². The van der Waals surface area contributed by atoms with Crippen molar-refractivity contribution in [3.63, 3.8) is 0 Å². The van der Waals surface area contributed by atoms with Gasteiger partial charge >= 0.3 is 0 Å². The van der Waals surface area contributed by atoms with E-state index < -0.39 is 38.0 Å². The van der Waals surface area contributed by atoms with Crippen LogP contribution in [0.3, 0.4) is 0 Å². The van der Waals surface area contributed by atoms with Crippen LogP contribution in [0.5, 0.6) is 0 Å².